The fraction of sp³-hybridized carbons (Fsp3) is 0.368. The smallest absolute Gasteiger partial charge is 0.137 e. The maximum Gasteiger partial charge on any atom is 0.137 e. The largest absolute Gasteiger partial charge is 0.381 e. The number of H-pyrrole nitrogens is 1. The number of aromatic nitrogens is 4. The van der Waals surface area contributed by atoms with Crippen molar-refractivity contribution in [1.29, 1.82) is 0 Å². The highest BCUT2D eigenvalue weighted by Gasteiger charge is 2.19. The van der Waals surface area contributed by atoms with Crippen molar-refractivity contribution in [3.63, 3.8) is 0 Å². The molecule has 0 saturated heterocycles. The predicted octanol–water partition coefficient (Wildman–Crippen LogP) is 4.23. The lowest BCUT2D eigenvalue weighted by Gasteiger charge is -2.25. The Bertz CT molecular complexity index is 822. The number of hydrogen-bond donors (Lipinski definition) is 2. The standard InChI is InChI=1S/C19H23N5/c1-13-14(2)23-19(22-13)16-5-3-6-17(9-16)20-10-15-11-21-24(12-15)18-7-4-8-18/h3,5-6,9,11-12,18,20H,4,7-8,10H2,1-2H3,(H,22,23). The molecule has 2 aromatic heterocycles. The average Bonchev–Trinajstić information content (AvgIpc) is 3.12. The van der Waals surface area contributed by atoms with Crippen LogP contribution in [-0.4, -0.2) is 19.7 Å². The fourth-order valence-electron chi connectivity index (χ4n) is 2.98. The summed E-state index contributed by atoms with van der Waals surface area (Å²) in [6.45, 7) is 4.86. The maximum atomic E-state index is 4.58. The van der Waals surface area contributed by atoms with Crippen LogP contribution < -0.4 is 5.32 Å². The highest BCUT2D eigenvalue weighted by Crippen LogP contribution is 2.30. The lowest BCUT2D eigenvalue weighted by molar-refractivity contribution is 0.289. The van der Waals surface area contributed by atoms with Gasteiger partial charge in [-0.05, 0) is 45.2 Å². The van der Waals surface area contributed by atoms with Gasteiger partial charge in [0.15, 0.2) is 0 Å². The predicted molar refractivity (Wildman–Crippen MR) is 95.9 cm³/mol. The molecule has 5 nitrogen and oxygen atoms in total. The van der Waals surface area contributed by atoms with Gasteiger partial charge >= 0.3 is 0 Å². The van der Waals surface area contributed by atoms with Gasteiger partial charge < -0.3 is 10.3 Å². The van der Waals surface area contributed by atoms with Crippen LogP contribution in [0, 0.1) is 13.8 Å². The molecular weight excluding hydrogens is 298 g/mol. The third-order valence-corrected chi connectivity index (χ3v) is 4.86. The highest BCUT2D eigenvalue weighted by molar-refractivity contribution is 5.63. The van der Waals surface area contributed by atoms with E-state index < -0.39 is 0 Å². The number of benzene rings is 1. The number of imidazole rings is 1. The molecular formula is C19H23N5. The maximum absolute atomic E-state index is 4.58. The van der Waals surface area contributed by atoms with E-state index in [2.05, 4.69) is 55.5 Å². The molecule has 4 rings (SSSR count). The number of nitrogens with one attached hydrogen (secondary N) is 2. The summed E-state index contributed by atoms with van der Waals surface area (Å²) >= 11 is 0. The van der Waals surface area contributed by atoms with Gasteiger partial charge in [-0.2, -0.15) is 5.10 Å². The molecule has 24 heavy (non-hydrogen) atoms. The van der Waals surface area contributed by atoms with Crippen molar-refractivity contribution in [3.05, 3.63) is 53.6 Å². The number of aryl methyl sites for hydroxylation is 2. The van der Waals surface area contributed by atoms with Gasteiger partial charge in [-0.25, -0.2) is 4.98 Å². The molecule has 0 radical (unpaired) electrons. The topological polar surface area (TPSA) is 58.5 Å². The van der Waals surface area contributed by atoms with E-state index in [9.17, 15) is 0 Å². The summed E-state index contributed by atoms with van der Waals surface area (Å²) in [6, 6.07) is 8.98. The Hall–Kier alpha value is -2.56. The molecule has 124 valence electrons. The number of anilines is 1. The molecule has 0 unspecified atom stereocenters. The first-order valence-electron chi connectivity index (χ1n) is 8.59. The van der Waals surface area contributed by atoms with Crippen molar-refractivity contribution < 1.29 is 0 Å². The van der Waals surface area contributed by atoms with Gasteiger partial charge in [0, 0.05) is 35.2 Å². The van der Waals surface area contributed by atoms with Crippen LogP contribution >= 0.6 is 0 Å². The average molecular weight is 321 g/mol. The Morgan fingerprint density at radius 2 is 2.17 bits per heavy atom. The Kier molecular flexibility index (Phi) is 3.84. The molecule has 2 heterocycles. The number of rotatable bonds is 5. The van der Waals surface area contributed by atoms with Crippen LogP contribution in [0.5, 0.6) is 0 Å². The second-order valence-electron chi connectivity index (χ2n) is 6.64. The Labute approximate surface area is 142 Å². The monoisotopic (exact) mass is 321 g/mol. The molecule has 1 saturated carbocycles. The molecule has 0 spiro atoms. The Morgan fingerprint density at radius 3 is 2.88 bits per heavy atom. The summed E-state index contributed by atoms with van der Waals surface area (Å²) in [7, 11) is 0. The minimum absolute atomic E-state index is 0.618. The van der Waals surface area contributed by atoms with E-state index in [-0.39, 0.29) is 0 Å². The van der Waals surface area contributed by atoms with Gasteiger partial charge in [-0.3, -0.25) is 4.68 Å². The molecule has 2 N–H and O–H groups in total. The second kappa shape index (κ2) is 6.15. The molecule has 0 amide bonds. The molecule has 1 aromatic carbocycles. The van der Waals surface area contributed by atoms with E-state index in [4.69, 9.17) is 0 Å². The fourth-order valence-corrected chi connectivity index (χ4v) is 2.98. The summed E-state index contributed by atoms with van der Waals surface area (Å²) in [5.74, 6) is 0.923. The van der Waals surface area contributed by atoms with Crippen molar-refractivity contribution in [2.24, 2.45) is 0 Å². The van der Waals surface area contributed by atoms with Crippen molar-refractivity contribution in [3.8, 4) is 11.4 Å². The molecule has 0 aliphatic heterocycles. The molecule has 3 aromatic rings. The van der Waals surface area contributed by atoms with E-state index in [1.54, 1.807) is 0 Å². The third kappa shape index (κ3) is 2.94. The Balaban J connectivity index is 1.45. The normalized spacial score (nSPS) is 14.6. The summed E-state index contributed by atoms with van der Waals surface area (Å²) in [5, 5.41) is 7.98. The lowest BCUT2D eigenvalue weighted by atomic mass is 9.93. The highest BCUT2D eigenvalue weighted by atomic mass is 15.3. The van der Waals surface area contributed by atoms with Crippen LogP contribution in [0.1, 0.15) is 42.3 Å². The van der Waals surface area contributed by atoms with Crippen molar-refractivity contribution in [2.75, 3.05) is 5.32 Å². The summed E-state index contributed by atoms with van der Waals surface area (Å²) in [6.07, 6.45) is 7.99. The van der Waals surface area contributed by atoms with Crippen molar-refractivity contribution >= 4 is 5.69 Å². The van der Waals surface area contributed by atoms with Crippen LogP contribution in [0.4, 0.5) is 5.69 Å². The van der Waals surface area contributed by atoms with Crippen LogP contribution in [0.15, 0.2) is 36.7 Å². The molecule has 1 aliphatic carbocycles. The minimum Gasteiger partial charge on any atom is -0.381 e. The number of nitrogens with zero attached hydrogens (tertiary/aromatic N) is 3. The zero-order chi connectivity index (χ0) is 16.5. The summed E-state index contributed by atoms with van der Waals surface area (Å²) < 4.78 is 2.12. The van der Waals surface area contributed by atoms with Gasteiger partial charge in [0.05, 0.1) is 17.9 Å². The van der Waals surface area contributed by atoms with Crippen LogP contribution in [0.25, 0.3) is 11.4 Å². The minimum atomic E-state index is 0.618. The van der Waals surface area contributed by atoms with Gasteiger partial charge in [0.1, 0.15) is 5.82 Å². The SMILES string of the molecule is Cc1nc(-c2cccc(NCc3cnn(C4CCC4)c3)c2)[nH]c1C. The van der Waals surface area contributed by atoms with E-state index in [1.807, 2.05) is 20.0 Å². The molecule has 5 heteroatoms. The molecule has 0 atom stereocenters. The van der Waals surface area contributed by atoms with E-state index in [0.29, 0.717) is 6.04 Å². The van der Waals surface area contributed by atoms with Gasteiger partial charge in [0.25, 0.3) is 0 Å². The van der Waals surface area contributed by atoms with Crippen LogP contribution in [0.3, 0.4) is 0 Å². The van der Waals surface area contributed by atoms with Crippen molar-refractivity contribution in [1.82, 2.24) is 19.7 Å². The molecule has 0 bridgehead atoms. The van der Waals surface area contributed by atoms with Gasteiger partial charge in [0.2, 0.25) is 0 Å². The first-order chi connectivity index (χ1) is 11.7. The van der Waals surface area contributed by atoms with Crippen LogP contribution in [-0.2, 0) is 6.54 Å². The zero-order valence-corrected chi connectivity index (χ0v) is 14.2. The Morgan fingerprint density at radius 1 is 1.29 bits per heavy atom. The van der Waals surface area contributed by atoms with Crippen molar-refractivity contribution in [2.45, 2.75) is 45.7 Å². The molecule has 1 fully saturated rings. The second-order valence-corrected chi connectivity index (χ2v) is 6.64. The van der Waals surface area contributed by atoms with E-state index in [1.165, 1.54) is 24.8 Å². The lowest BCUT2D eigenvalue weighted by Crippen LogP contribution is -2.17. The van der Waals surface area contributed by atoms with Gasteiger partial charge in [-0.15, -0.1) is 0 Å². The van der Waals surface area contributed by atoms with Crippen LogP contribution in [0.2, 0.25) is 0 Å². The third-order valence-electron chi connectivity index (χ3n) is 4.86. The van der Waals surface area contributed by atoms with Gasteiger partial charge in [-0.1, -0.05) is 12.1 Å². The van der Waals surface area contributed by atoms with E-state index >= 15 is 0 Å². The zero-order valence-electron chi connectivity index (χ0n) is 14.2. The van der Waals surface area contributed by atoms with E-state index in [0.717, 1.165) is 35.0 Å². The number of aromatic amines is 1. The summed E-state index contributed by atoms with van der Waals surface area (Å²) in [4.78, 5) is 7.92. The molecule has 1 aliphatic rings. The number of hydrogen-bond acceptors (Lipinski definition) is 3. The quantitative estimate of drug-likeness (QED) is 0.739. The summed E-state index contributed by atoms with van der Waals surface area (Å²) in [5.41, 5.74) is 5.58. The first kappa shape index (κ1) is 15.0. The first-order valence-corrected chi connectivity index (χ1v) is 8.59.